The first-order valence-electron chi connectivity index (χ1n) is 23.5. The van der Waals surface area contributed by atoms with Crippen LogP contribution < -0.4 is 0 Å². The van der Waals surface area contributed by atoms with E-state index >= 15 is 0 Å². The van der Waals surface area contributed by atoms with E-state index in [9.17, 15) is 56.2 Å². The van der Waals surface area contributed by atoms with Gasteiger partial charge < -0.3 is 89.3 Å². The molecule has 362 valence electrons. The van der Waals surface area contributed by atoms with Crippen LogP contribution in [0.25, 0.3) is 0 Å². The molecule has 0 bridgehead atoms. The third kappa shape index (κ3) is 8.68. The highest BCUT2D eigenvalue weighted by Gasteiger charge is 2.65. The van der Waals surface area contributed by atoms with Crippen LogP contribution in [-0.2, 0) is 33.2 Å². The number of rotatable bonds is 13. The van der Waals surface area contributed by atoms with Gasteiger partial charge in [-0.1, -0.05) is 20.8 Å². The summed E-state index contributed by atoms with van der Waals surface area (Å²) in [5.41, 5.74) is 1.57. The monoisotopic (exact) mass is 902 g/mol. The van der Waals surface area contributed by atoms with E-state index in [1.54, 1.807) is 0 Å². The lowest BCUT2D eigenvalue weighted by Gasteiger charge is -2.61. The summed E-state index contributed by atoms with van der Waals surface area (Å²) in [5, 5.41) is 113. The van der Waals surface area contributed by atoms with Crippen LogP contribution in [0.5, 0.6) is 0 Å². The predicted octanol–water partition coefficient (Wildman–Crippen LogP) is -0.830. The minimum absolute atomic E-state index is 0.0928. The van der Waals surface area contributed by atoms with Crippen LogP contribution in [0.4, 0.5) is 0 Å². The van der Waals surface area contributed by atoms with E-state index in [0.29, 0.717) is 29.6 Å². The lowest BCUT2D eigenvalue weighted by atomic mass is 9.44. The Hall–Kier alpha value is -1.14. The molecule has 25 atom stereocenters. The van der Waals surface area contributed by atoms with E-state index in [2.05, 4.69) is 27.7 Å². The molecular formula is C45H74O18. The van der Waals surface area contributed by atoms with Gasteiger partial charge in [0, 0.05) is 12.3 Å². The molecule has 0 spiro atoms. The van der Waals surface area contributed by atoms with Crippen molar-refractivity contribution in [2.75, 3.05) is 26.4 Å². The summed E-state index contributed by atoms with van der Waals surface area (Å²) in [5.74, 6) is 3.56. The van der Waals surface area contributed by atoms with Crippen molar-refractivity contribution in [3.63, 3.8) is 0 Å². The topological polar surface area (TPSA) is 287 Å². The number of hydrogen-bond donors (Lipinski definition) is 11. The van der Waals surface area contributed by atoms with Crippen molar-refractivity contribution in [1.29, 1.82) is 0 Å². The Bertz CT molecular complexity index is 1580. The van der Waals surface area contributed by atoms with Crippen molar-refractivity contribution in [3.8, 4) is 0 Å². The average molecular weight is 903 g/mol. The molecule has 63 heavy (non-hydrogen) atoms. The Morgan fingerprint density at radius 1 is 0.635 bits per heavy atom. The maximum Gasteiger partial charge on any atom is 0.187 e. The van der Waals surface area contributed by atoms with E-state index in [1.165, 1.54) is 5.57 Å². The fourth-order valence-corrected chi connectivity index (χ4v) is 13.7. The summed E-state index contributed by atoms with van der Waals surface area (Å²) in [6.07, 6.45) is -12.1. The first kappa shape index (κ1) is 48.3. The van der Waals surface area contributed by atoms with Gasteiger partial charge in [-0.05, 0) is 111 Å². The molecule has 4 aliphatic carbocycles. The Kier molecular flexibility index (Phi) is 14.6. The van der Waals surface area contributed by atoms with Gasteiger partial charge in [0.25, 0.3) is 0 Å². The van der Waals surface area contributed by atoms with Crippen molar-refractivity contribution in [2.24, 2.45) is 46.3 Å². The average Bonchev–Trinajstić information content (AvgIpc) is 3.76. The minimum atomic E-state index is -1.74. The molecule has 0 aromatic rings. The molecule has 8 aliphatic rings. The molecule has 0 amide bonds. The van der Waals surface area contributed by atoms with E-state index < -0.39 is 112 Å². The summed E-state index contributed by atoms with van der Waals surface area (Å²) in [7, 11) is 0. The molecule has 0 aromatic carbocycles. The summed E-state index contributed by atoms with van der Waals surface area (Å²) < 4.78 is 42.2. The van der Waals surface area contributed by atoms with Gasteiger partial charge >= 0.3 is 0 Å². The molecule has 4 saturated carbocycles. The fourth-order valence-electron chi connectivity index (χ4n) is 13.7. The van der Waals surface area contributed by atoms with Crippen molar-refractivity contribution in [2.45, 2.75) is 196 Å². The highest BCUT2D eigenvalue weighted by molar-refractivity contribution is 5.26. The molecule has 3 saturated heterocycles. The van der Waals surface area contributed by atoms with Gasteiger partial charge in [0.05, 0.1) is 38.3 Å². The minimum Gasteiger partial charge on any atom is -0.494 e. The number of allylic oxidation sites excluding steroid dienone is 1. The van der Waals surface area contributed by atoms with Crippen LogP contribution in [0.3, 0.4) is 0 Å². The van der Waals surface area contributed by atoms with E-state index in [-0.39, 0.29) is 35.6 Å². The standard InChI is InChI=1S/C45H74O18/c1-19(18-57-41-38(55)35(52)32(49)28(15-46)60-41)5-8-26-20(2)31-27(59-26)14-25-23-7-6-21-13-22(9-11-44(21,3)24(23)10-12-45(25,31)4)58-43-40(37(54)34(51)30(17-48)62-43)63-42-39(56)36(53)33(50)29(16-47)61-42/h19,21-25,27-43,46-56H,5-18H2,1-4H3/t19-,21?,22?,23?,24?,25?,27-,28+,29+,30+,31-,32+,33+,34-,35-,36-,37-,38+,39+,40+,41+,42-,43+,44-,45-/m0/s1. The van der Waals surface area contributed by atoms with Crippen LogP contribution in [0.2, 0.25) is 0 Å². The number of hydrogen-bond acceptors (Lipinski definition) is 18. The molecule has 0 aromatic heterocycles. The third-order valence-electron chi connectivity index (χ3n) is 17.4. The quantitative estimate of drug-likeness (QED) is 0.101. The predicted molar refractivity (Wildman–Crippen MR) is 218 cm³/mol. The molecule has 0 radical (unpaired) electrons. The first-order chi connectivity index (χ1) is 29.9. The van der Waals surface area contributed by atoms with E-state index in [1.807, 2.05) is 0 Å². The molecule has 18 heteroatoms. The zero-order chi connectivity index (χ0) is 45.3. The second-order valence-electron chi connectivity index (χ2n) is 20.9. The van der Waals surface area contributed by atoms with Crippen LogP contribution in [-0.4, -0.2) is 187 Å². The second-order valence-corrected chi connectivity index (χ2v) is 20.9. The molecule has 4 heterocycles. The highest BCUT2D eigenvalue weighted by atomic mass is 16.8. The normalized spacial score (nSPS) is 52.7. The van der Waals surface area contributed by atoms with Gasteiger partial charge in [-0.15, -0.1) is 0 Å². The van der Waals surface area contributed by atoms with E-state index in [0.717, 1.165) is 70.0 Å². The molecule has 5 unspecified atom stereocenters. The Labute approximate surface area is 369 Å². The van der Waals surface area contributed by atoms with Crippen LogP contribution >= 0.6 is 0 Å². The Balaban J connectivity index is 0.872. The lowest BCUT2D eigenvalue weighted by molar-refractivity contribution is -0.373. The largest absolute Gasteiger partial charge is 0.494 e. The molecule has 11 N–H and O–H groups in total. The van der Waals surface area contributed by atoms with Crippen molar-refractivity contribution in [3.05, 3.63) is 11.3 Å². The number of ether oxygens (including phenoxy) is 7. The third-order valence-corrected chi connectivity index (χ3v) is 17.4. The van der Waals surface area contributed by atoms with Gasteiger partial charge in [-0.2, -0.15) is 0 Å². The van der Waals surface area contributed by atoms with Gasteiger partial charge in [0.15, 0.2) is 18.9 Å². The molecule has 7 fully saturated rings. The van der Waals surface area contributed by atoms with Gasteiger partial charge in [-0.25, -0.2) is 0 Å². The summed E-state index contributed by atoms with van der Waals surface area (Å²) in [4.78, 5) is 0. The summed E-state index contributed by atoms with van der Waals surface area (Å²) in [6.45, 7) is 7.74. The maximum atomic E-state index is 11.2. The number of fused-ring (bicyclic) bond motifs is 7. The number of aliphatic hydroxyl groups excluding tert-OH is 11. The van der Waals surface area contributed by atoms with Crippen molar-refractivity contribution < 1.29 is 89.3 Å². The molecule has 8 rings (SSSR count). The Morgan fingerprint density at radius 2 is 1.22 bits per heavy atom. The maximum absolute atomic E-state index is 11.2. The highest BCUT2D eigenvalue weighted by Crippen LogP contribution is 2.70. The van der Waals surface area contributed by atoms with E-state index in [4.69, 9.17) is 33.2 Å². The first-order valence-corrected chi connectivity index (χ1v) is 23.5. The zero-order valence-corrected chi connectivity index (χ0v) is 37.0. The molecule has 4 aliphatic heterocycles. The van der Waals surface area contributed by atoms with Crippen LogP contribution in [0.15, 0.2) is 11.3 Å². The van der Waals surface area contributed by atoms with Gasteiger partial charge in [0.2, 0.25) is 0 Å². The number of aliphatic hydroxyl groups is 11. The van der Waals surface area contributed by atoms with Crippen molar-refractivity contribution in [1.82, 2.24) is 0 Å². The zero-order valence-electron chi connectivity index (χ0n) is 37.0. The SMILES string of the molecule is CC1=C(CC[C@H](C)CO[C@@H]2O[C@H](CO)[C@@H](O)[C@H](O)[C@H]2O)O[C@H]2CC3C4CCC5CC(O[C@@H]6O[C@H](CO)[C@H](O)[C@H](O)[C@H]6O[C@@H]6O[C@H](CO)[C@@H](O)[C@H](O)[C@H]6O)CC[C@]5(C)C4CC[C@]3(C)[C@@H]12. The molecular weight excluding hydrogens is 828 g/mol. The smallest absolute Gasteiger partial charge is 0.187 e. The molecule has 18 nitrogen and oxygen atoms in total. The van der Waals surface area contributed by atoms with Crippen molar-refractivity contribution >= 4 is 0 Å². The van der Waals surface area contributed by atoms with Gasteiger partial charge in [0.1, 0.15) is 79.4 Å². The Morgan fingerprint density at radius 3 is 1.87 bits per heavy atom. The lowest BCUT2D eigenvalue weighted by Crippen LogP contribution is -2.65. The van der Waals surface area contributed by atoms with Crippen LogP contribution in [0, 0.1) is 46.3 Å². The van der Waals surface area contributed by atoms with Crippen LogP contribution in [0.1, 0.15) is 91.9 Å². The second kappa shape index (κ2) is 19.1. The summed E-state index contributed by atoms with van der Waals surface area (Å²) in [6, 6.07) is 0. The van der Waals surface area contributed by atoms with Gasteiger partial charge in [-0.3, -0.25) is 0 Å². The summed E-state index contributed by atoms with van der Waals surface area (Å²) >= 11 is 0. The fraction of sp³-hybridized carbons (Fsp3) is 0.956.